The van der Waals surface area contributed by atoms with Gasteiger partial charge in [0.1, 0.15) is 11.8 Å². The molecule has 0 bridgehead atoms. The standard InChI is InChI=1S/C13H17NO5/c1-19-10-4-2-9(3-5-10)8-12(16)14-11(6-7-15)13(17)18/h2-5,11,15H,6-8H2,1H3,(H,14,16)(H,17,18)/t11-/m1/s1. The largest absolute Gasteiger partial charge is 0.497 e. The summed E-state index contributed by atoms with van der Waals surface area (Å²) in [6.45, 7) is -0.292. The molecule has 3 N–H and O–H groups in total. The van der Waals surface area contributed by atoms with Gasteiger partial charge in [-0.25, -0.2) is 4.79 Å². The minimum Gasteiger partial charge on any atom is -0.497 e. The molecule has 104 valence electrons. The molecule has 0 fully saturated rings. The van der Waals surface area contributed by atoms with Crippen molar-refractivity contribution in [3.8, 4) is 5.75 Å². The van der Waals surface area contributed by atoms with Gasteiger partial charge in [0.05, 0.1) is 13.5 Å². The van der Waals surface area contributed by atoms with E-state index in [0.29, 0.717) is 5.75 Å². The molecule has 0 aliphatic rings. The van der Waals surface area contributed by atoms with Gasteiger partial charge in [-0.3, -0.25) is 4.79 Å². The van der Waals surface area contributed by atoms with Crippen LogP contribution in [0.3, 0.4) is 0 Å². The number of carbonyl (C=O) groups is 2. The second-order valence-corrected chi connectivity index (χ2v) is 4.00. The first-order valence-corrected chi connectivity index (χ1v) is 5.82. The Morgan fingerprint density at radius 1 is 1.32 bits per heavy atom. The molecule has 0 aliphatic heterocycles. The summed E-state index contributed by atoms with van der Waals surface area (Å²) in [6, 6.07) is 5.87. The zero-order valence-electron chi connectivity index (χ0n) is 10.6. The molecule has 0 unspecified atom stereocenters. The summed E-state index contributed by atoms with van der Waals surface area (Å²) in [5.74, 6) is -0.865. The fourth-order valence-electron chi connectivity index (χ4n) is 1.56. The summed E-state index contributed by atoms with van der Waals surface area (Å²) in [6.07, 6.45) is 0.0723. The van der Waals surface area contributed by atoms with Gasteiger partial charge in [-0.1, -0.05) is 12.1 Å². The number of aliphatic hydroxyl groups excluding tert-OH is 1. The van der Waals surface area contributed by atoms with Crippen molar-refractivity contribution >= 4 is 11.9 Å². The number of carbonyl (C=O) groups excluding carboxylic acids is 1. The van der Waals surface area contributed by atoms with E-state index in [1.165, 1.54) is 0 Å². The summed E-state index contributed by atoms with van der Waals surface area (Å²) < 4.78 is 5.00. The summed E-state index contributed by atoms with van der Waals surface area (Å²) >= 11 is 0. The first kappa shape index (κ1) is 15.0. The quantitative estimate of drug-likeness (QED) is 0.655. The lowest BCUT2D eigenvalue weighted by Gasteiger charge is -2.13. The number of hydrogen-bond donors (Lipinski definition) is 3. The number of methoxy groups -OCH3 is 1. The number of carboxylic acids is 1. The van der Waals surface area contributed by atoms with Crippen LogP contribution in [0, 0.1) is 0 Å². The second kappa shape index (κ2) is 7.38. The van der Waals surface area contributed by atoms with Crippen molar-refractivity contribution in [3.63, 3.8) is 0 Å². The van der Waals surface area contributed by atoms with E-state index < -0.39 is 17.9 Å². The molecular formula is C13H17NO5. The third kappa shape index (κ3) is 4.97. The van der Waals surface area contributed by atoms with Gasteiger partial charge in [0.2, 0.25) is 5.91 Å². The van der Waals surface area contributed by atoms with Crippen molar-refractivity contribution in [1.82, 2.24) is 5.32 Å². The average molecular weight is 267 g/mol. The van der Waals surface area contributed by atoms with Crippen molar-refractivity contribution in [2.75, 3.05) is 13.7 Å². The highest BCUT2D eigenvalue weighted by Gasteiger charge is 2.19. The third-order valence-electron chi connectivity index (χ3n) is 2.57. The maximum atomic E-state index is 11.7. The van der Waals surface area contributed by atoms with Crippen LogP contribution >= 0.6 is 0 Å². The van der Waals surface area contributed by atoms with E-state index in [9.17, 15) is 9.59 Å². The van der Waals surface area contributed by atoms with Gasteiger partial charge in [-0.15, -0.1) is 0 Å². The normalized spacial score (nSPS) is 11.7. The Morgan fingerprint density at radius 2 is 1.95 bits per heavy atom. The van der Waals surface area contributed by atoms with E-state index >= 15 is 0 Å². The monoisotopic (exact) mass is 267 g/mol. The summed E-state index contributed by atoms with van der Waals surface area (Å²) in [5.41, 5.74) is 0.756. The highest BCUT2D eigenvalue weighted by atomic mass is 16.5. The number of benzene rings is 1. The van der Waals surface area contributed by atoms with E-state index in [-0.39, 0.29) is 19.4 Å². The second-order valence-electron chi connectivity index (χ2n) is 4.00. The molecule has 6 nitrogen and oxygen atoms in total. The number of carboxylic acid groups (broad SMARTS) is 1. The molecule has 1 atom stereocenters. The van der Waals surface area contributed by atoms with Crippen LogP contribution in [-0.2, 0) is 16.0 Å². The van der Waals surface area contributed by atoms with E-state index in [2.05, 4.69) is 5.32 Å². The summed E-state index contributed by atoms with van der Waals surface area (Å²) in [4.78, 5) is 22.5. The van der Waals surface area contributed by atoms with E-state index in [4.69, 9.17) is 14.9 Å². The van der Waals surface area contributed by atoms with Gasteiger partial charge < -0.3 is 20.3 Å². The van der Waals surface area contributed by atoms with Gasteiger partial charge >= 0.3 is 5.97 Å². The van der Waals surface area contributed by atoms with Crippen LogP contribution in [0.1, 0.15) is 12.0 Å². The number of amides is 1. The maximum Gasteiger partial charge on any atom is 0.326 e. The fraction of sp³-hybridized carbons (Fsp3) is 0.385. The van der Waals surface area contributed by atoms with Crippen LogP contribution < -0.4 is 10.1 Å². The molecule has 0 saturated carbocycles. The van der Waals surface area contributed by atoms with Gasteiger partial charge in [-0.2, -0.15) is 0 Å². The maximum absolute atomic E-state index is 11.7. The lowest BCUT2D eigenvalue weighted by Crippen LogP contribution is -2.42. The molecule has 0 saturated heterocycles. The molecule has 19 heavy (non-hydrogen) atoms. The van der Waals surface area contributed by atoms with E-state index in [0.717, 1.165) is 5.56 Å². The molecular weight excluding hydrogens is 250 g/mol. The molecule has 0 radical (unpaired) electrons. The fourth-order valence-corrected chi connectivity index (χ4v) is 1.56. The Bertz CT molecular complexity index is 429. The molecule has 1 amide bonds. The lowest BCUT2D eigenvalue weighted by atomic mass is 10.1. The Morgan fingerprint density at radius 3 is 2.42 bits per heavy atom. The van der Waals surface area contributed by atoms with Gasteiger partial charge in [0, 0.05) is 13.0 Å². The zero-order valence-corrected chi connectivity index (χ0v) is 10.6. The van der Waals surface area contributed by atoms with Gasteiger partial charge in [-0.05, 0) is 17.7 Å². The SMILES string of the molecule is COc1ccc(CC(=O)N[C@H](CCO)C(=O)O)cc1. The number of ether oxygens (including phenoxy) is 1. The van der Waals surface area contributed by atoms with Crippen LogP contribution in [-0.4, -0.2) is 41.8 Å². The van der Waals surface area contributed by atoms with Crippen molar-refractivity contribution in [1.29, 1.82) is 0 Å². The Hall–Kier alpha value is -2.08. The summed E-state index contributed by atoms with van der Waals surface area (Å²) in [7, 11) is 1.55. The molecule has 0 aromatic heterocycles. The predicted molar refractivity (Wildman–Crippen MR) is 68.0 cm³/mol. The number of aliphatic carboxylic acids is 1. The van der Waals surface area contributed by atoms with Crippen LogP contribution in [0.15, 0.2) is 24.3 Å². The molecule has 1 rings (SSSR count). The number of rotatable bonds is 7. The smallest absolute Gasteiger partial charge is 0.326 e. The van der Waals surface area contributed by atoms with Gasteiger partial charge in [0.25, 0.3) is 0 Å². The van der Waals surface area contributed by atoms with Crippen molar-refractivity contribution in [3.05, 3.63) is 29.8 Å². The first-order chi connectivity index (χ1) is 9.06. The predicted octanol–water partition coefficient (Wildman–Crippen LogP) is 0.189. The van der Waals surface area contributed by atoms with Gasteiger partial charge in [0.15, 0.2) is 0 Å². The topological polar surface area (TPSA) is 95.9 Å². The number of aliphatic hydroxyl groups is 1. The highest BCUT2D eigenvalue weighted by Crippen LogP contribution is 2.11. The molecule has 1 aromatic rings. The lowest BCUT2D eigenvalue weighted by molar-refractivity contribution is -0.142. The Labute approximate surface area is 111 Å². The van der Waals surface area contributed by atoms with E-state index in [1.807, 2.05) is 0 Å². The van der Waals surface area contributed by atoms with Crippen molar-refractivity contribution in [2.24, 2.45) is 0 Å². The number of nitrogens with one attached hydrogen (secondary N) is 1. The van der Waals surface area contributed by atoms with Crippen molar-refractivity contribution in [2.45, 2.75) is 18.9 Å². The van der Waals surface area contributed by atoms with Crippen LogP contribution in [0.4, 0.5) is 0 Å². The Balaban J connectivity index is 2.55. The summed E-state index contributed by atoms with van der Waals surface area (Å²) in [5, 5.41) is 19.9. The average Bonchev–Trinajstić information content (AvgIpc) is 2.39. The zero-order chi connectivity index (χ0) is 14.3. The highest BCUT2D eigenvalue weighted by molar-refractivity contribution is 5.84. The van der Waals surface area contributed by atoms with Crippen LogP contribution in [0.2, 0.25) is 0 Å². The minimum absolute atomic E-state index is 0.0102. The van der Waals surface area contributed by atoms with Crippen LogP contribution in [0.25, 0.3) is 0 Å². The van der Waals surface area contributed by atoms with E-state index in [1.54, 1.807) is 31.4 Å². The molecule has 0 heterocycles. The molecule has 0 aliphatic carbocycles. The first-order valence-electron chi connectivity index (χ1n) is 5.82. The Kier molecular flexibility index (Phi) is 5.81. The molecule has 6 heteroatoms. The van der Waals surface area contributed by atoms with Crippen molar-refractivity contribution < 1.29 is 24.5 Å². The number of hydrogen-bond acceptors (Lipinski definition) is 4. The third-order valence-corrected chi connectivity index (χ3v) is 2.57. The molecule has 1 aromatic carbocycles. The van der Waals surface area contributed by atoms with Crippen LogP contribution in [0.5, 0.6) is 5.75 Å². The molecule has 0 spiro atoms. The minimum atomic E-state index is -1.16.